The van der Waals surface area contributed by atoms with Gasteiger partial charge in [0.2, 0.25) is 0 Å². The summed E-state index contributed by atoms with van der Waals surface area (Å²) >= 11 is 6.04. The van der Waals surface area contributed by atoms with E-state index in [1.54, 1.807) is 36.4 Å². The molecule has 6 heteroatoms. The molecule has 24 heavy (non-hydrogen) atoms. The van der Waals surface area contributed by atoms with Gasteiger partial charge in [0.15, 0.2) is 6.61 Å². The van der Waals surface area contributed by atoms with E-state index in [2.05, 4.69) is 11.4 Å². The molecule has 0 fully saturated rings. The van der Waals surface area contributed by atoms with Crippen LogP contribution in [-0.4, -0.2) is 19.6 Å². The van der Waals surface area contributed by atoms with E-state index in [9.17, 15) is 4.79 Å². The molecule has 0 saturated carbocycles. The zero-order valence-corrected chi connectivity index (χ0v) is 14.2. The van der Waals surface area contributed by atoms with Crippen LogP contribution >= 0.6 is 11.6 Å². The van der Waals surface area contributed by atoms with Crippen LogP contribution in [0.4, 0.5) is 5.69 Å². The summed E-state index contributed by atoms with van der Waals surface area (Å²) in [6, 6.07) is 12.5. The summed E-state index contributed by atoms with van der Waals surface area (Å²) in [6.07, 6.45) is 0.344. The molecule has 2 rings (SSSR count). The molecule has 0 aliphatic carbocycles. The van der Waals surface area contributed by atoms with Gasteiger partial charge in [-0.05, 0) is 36.2 Å². The number of ether oxygens (including phenoxy) is 2. The number of nitrogens with zero attached hydrogens (tertiary/aromatic N) is 1. The minimum Gasteiger partial charge on any atom is -0.495 e. The zero-order chi connectivity index (χ0) is 17.5. The average Bonchev–Trinajstić information content (AvgIpc) is 2.57. The summed E-state index contributed by atoms with van der Waals surface area (Å²) in [4.78, 5) is 12.1. The number of amides is 1. The van der Waals surface area contributed by atoms with E-state index in [4.69, 9.17) is 26.3 Å². The molecule has 2 aromatic rings. The number of anilines is 1. The molecule has 0 spiro atoms. The van der Waals surface area contributed by atoms with Crippen molar-refractivity contribution in [2.45, 2.75) is 13.3 Å². The highest BCUT2D eigenvalue weighted by atomic mass is 35.5. The maximum Gasteiger partial charge on any atom is 0.262 e. The van der Waals surface area contributed by atoms with Crippen molar-refractivity contribution in [3.63, 3.8) is 0 Å². The number of aryl methyl sites for hydroxylation is 1. The Bertz CT molecular complexity index is 767. The Hall–Kier alpha value is -2.71. The van der Waals surface area contributed by atoms with Crippen LogP contribution in [-0.2, 0) is 11.2 Å². The van der Waals surface area contributed by atoms with Crippen molar-refractivity contribution in [3.8, 4) is 17.6 Å². The first-order chi connectivity index (χ1) is 11.5. The first kappa shape index (κ1) is 17.6. The van der Waals surface area contributed by atoms with Gasteiger partial charge in [0.05, 0.1) is 25.3 Å². The van der Waals surface area contributed by atoms with Gasteiger partial charge in [-0.15, -0.1) is 0 Å². The van der Waals surface area contributed by atoms with Crippen molar-refractivity contribution in [1.82, 2.24) is 0 Å². The molecule has 5 nitrogen and oxygen atoms in total. The number of hydrogen-bond acceptors (Lipinski definition) is 4. The normalized spacial score (nSPS) is 9.92. The van der Waals surface area contributed by atoms with Crippen LogP contribution in [0.25, 0.3) is 0 Å². The van der Waals surface area contributed by atoms with Gasteiger partial charge in [-0.3, -0.25) is 4.79 Å². The van der Waals surface area contributed by atoms with Crippen LogP contribution in [0.1, 0.15) is 11.1 Å². The molecule has 0 aromatic heterocycles. The number of hydrogen-bond donors (Lipinski definition) is 1. The van der Waals surface area contributed by atoms with Gasteiger partial charge < -0.3 is 14.8 Å². The molecule has 2 aromatic carbocycles. The minimum absolute atomic E-state index is 0.136. The van der Waals surface area contributed by atoms with Crippen LogP contribution in [0.3, 0.4) is 0 Å². The van der Waals surface area contributed by atoms with Gasteiger partial charge in [0, 0.05) is 11.1 Å². The molecule has 1 N–H and O–H groups in total. The molecular formula is C18H17ClN2O3. The molecule has 0 heterocycles. The Morgan fingerprint density at radius 2 is 2.00 bits per heavy atom. The standard InChI is InChI=1S/C18H17ClN2O3/c1-12-9-16(17(23-2)10-15(12)19)21-18(22)11-24-14-5-3-13(4-6-14)7-8-20/h3-6,9-10H,7,11H2,1-2H3,(H,21,22). The Morgan fingerprint density at radius 3 is 2.62 bits per heavy atom. The van der Waals surface area contributed by atoms with Gasteiger partial charge >= 0.3 is 0 Å². The number of carbonyl (C=O) groups excluding carboxylic acids is 1. The molecule has 1 amide bonds. The molecule has 0 bridgehead atoms. The Balaban J connectivity index is 1.96. The number of benzene rings is 2. The Labute approximate surface area is 145 Å². The van der Waals surface area contributed by atoms with Crippen molar-refractivity contribution in [2.24, 2.45) is 0 Å². The Kier molecular flexibility index (Phi) is 6.05. The fraction of sp³-hybridized carbons (Fsp3) is 0.222. The van der Waals surface area contributed by atoms with Gasteiger partial charge in [-0.25, -0.2) is 0 Å². The Morgan fingerprint density at radius 1 is 1.29 bits per heavy atom. The molecule has 124 valence electrons. The van der Waals surface area contributed by atoms with Crippen LogP contribution in [0.2, 0.25) is 5.02 Å². The third-order valence-corrected chi connectivity index (χ3v) is 3.74. The third kappa shape index (κ3) is 4.64. The lowest BCUT2D eigenvalue weighted by atomic mass is 10.2. The number of nitrogens with one attached hydrogen (secondary N) is 1. The van der Waals surface area contributed by atoms with E-state index in [0.29, 0.717) is 28.6 Å². The van der Waals surface area contributed by atoms with Crippen LogP contribution in [0.15, 0.2) is 36.4 Å². The zero-order valence-electron chi connectivity index (χ0n) is 13.4. The van der Waals surface area contributed by atoms with Crippen molar-refractivity contribution >= 4 is 23.2 Å². The SMILES string of the molecule is COc1cc(Cl)c(C)cc1NC(=O)COc1ccc(CC#N)cc1. The number of halogens is 1. The van der Waals surface area contributed by atoms with E-state index >= 15 is 0 Å². The molecule has 0 radical (unpaired) electrons. The smallest absolute Gasteiger partial charge is 0.262 e. The second kappa shape index (κ2) is 8.23. The first-order valence-corrected chi connectivity index (χ1v) is 7.64. The average molecular weight is 345 g/mol. The lowest BCUT2D eigenvalue weighted by Gasteiger charge is -2.12. The molecule has 0 aliphatic heterocycles. The first-order valence-electron chi connectivity index (χ1n) is 7.26. The van der Waals surface area contributed by atoms with Gasteiger partial charge in [-0.2, -0.15) is 5.26 Å². The van der Waals surface area contributed by atoms with Gasteiger partial charge in [0.25, 0.3) is 5.91 Å². The van der Waals surface area contributed by atoms with Crippen molar-refractivity contribution in [3.05, 3.63) is 52.5 Å². The lowest BCUT2D eigenvalue weighted by Crippen LogP contribution is -2.20. The summed E-state index contributed by atoms with van der Waals surface area (Å²) in [5.41, 5.74) is 2.27. The highest BCUT2D eigenvalue weighted by Crippen LogP contribution is 2.30. The highest BCUT2D eigenvalue weighted by Gasteiger charge is 2.11. The predicted molar refractivity (Wildman–Crippen MR) is 92.6 cm³/mol. The van der Waals surface area contributed by atoms with E-state index in [0.717, 1.165) is 11.1 Å². The van der Waals surface area contributed by atoms with Gasteiger partial charge in [-0.1, -0.05) is 23.7 Å². The van der Waals surface area contributed by atoms with Crippen LogP contribution < -0.4 is 14.8 Å². The summed E-state index contributed by atoms with van der Waals surface area (Å²) in [7, 11) is 1.51. The number of rotatable bonds is 6. The quantitative estimate of drug-likeness (QED) is 0.866. The third-order valence-electron chi connectivity index (χ3n) is 3.33. The molecular weight excluding hydrogens is 328 g/mol. The number of methoxy groups -OCH3 is 1. The number of nitriles is 1. The lowest BCUT2D eigenvalue weighted by molar-refractivity contribution is -0.118. The highest BCUT2D eigenvalue weighted by molar-refractivity contribution is 6.31. The van der Waals surface area contributed by atoms with Crippen LogP contribution in [0.5, 0.6) is 11.5 Å². The van der Waals surface area contributed by atoms with Crippen molar-refractivity contribution in [2.75, 3.05) is 19.0 Å². The molecule has 0 aliphatic rings. The fourth-order valence-electron chi connectivity index (χ4n) is 2.06. The maximum absolute atomic E-state index is 12.1. The van der Waals surface area contributed by atoms with Crippen molar-refractivity contribution < 1.29 is 14.3 Å². The maximum atomic E-state index is 12.1. The van der Waals surface area contributed by atoms with Gasteiger partial charge in [0.1, 0.15) is 11.5 Å². The predicted octanol–water partition coefficient (Wildman–Crippen LogP) is 3.74. The molecule has 0 saturated heterocycles. The largest absolute Gasteiger partial charge is 0.495 e. The van der Waals surface area contributed by atoms with E-state index in [1.807, 2.05) is 6.92 Å². The summed E-state index contributed by atoms with van der Waals surface area (Å²) in [5, 5.41) is 11.9. The number of carbonyl (C=O) groups is 1. The second-order valence-electron chi connectivity index (χ2n) is 5.12. The summed E-state index contributed by atoms with van der Waals surface area (Å²) in [5.74, 6) is 0.738. The van der Waals surface area contributed by atoms with Crippen molar-refractivity contribution in [1.29, 1.82) is 5.26 Å². The van der Waals surface area contributed by atoms with E-state index < -0.39 is 0 Å². The fourth-order valence-corrected chi connectivity index (χ4v) is 2.21. The molecule has 0 atom stereocenters. The monoisotopic (exact) mass is 344 g/mol. The van der Waals surface area contributed by atoms with Crippen LogP contribution in [0, 0.1) is 18.3 Å². The summed E-state index contributed by atoms with van der Waals surface area (Å²) < 4.78 is 10.7. The van der Waals surface area contributed by atoms with E-state index in [1.165, 1.54) is 7.11 Å². The topological polar surface area (TPSA) is 71.3 Å². The second-order valence-corrected chi connectivity index (χ2v) is 5.52. The summed E-state index contributed by atoms with van der Waals surface area (Å²) in [6.45, 7) is 1.71. The minimum atomic E-state index is -0.309. The van der Waals surface area contributed by atoms with E-state index in [-0.39, 0.29) is 12.5 Å². The molecule has 0 unspecified atom stereocenters.